The molecule has 0 aliphatic carbocycles. The Kier molecular flexibility index (Phi) is 9.04. The molecule has 0 atom stereocenters. The summed E-state index contributed by atoms with van der Waals surface area (Å²) in [6.07, 6.45) is 1.78. The Morgan fingerprint density at radius 1 is 1.20 bits per heavy atom. The molecule has 25 heavy (non-hydrogen) atoms. The number of ether oxygens (including phenoxy) is 2. The maximum atomic E-state index is 5.73. The number of nitrogens with one attached hydrogen (secondary N) is 2. The lowest BCUT2D eigenvalue weighted by Crippen LogP contribution is -2.40. The van der Waals surface area contributed by atoms with Crippen molar-refractivity contribution >= 4 is 29.9 Å². The Morgan fingerprint density at radius 3 is 2.56 bits per heavy atom. The standard InChI is InChI=1S/C18H24N4O2.HI/c1-13(2)22-18(19-3)21-12-14-8-9-17(20-11-14)24-16-7-5-6-15(10-16)23-4;/h5-11,13H,12H2,1-4H3,(H2,19,21,22);1H. The highest BCUT2D eigenvalue weighted by molar-refractivity contribution is 14.0. The van der Waals surface area contributed by atoms with Crippen LogP contribution >= 0.6 is 24.0 Å². The average Bonchev–Trinajstić information content (AvgIpc) is 2.59. The molecule has 0 amide bonds. The third-order valence-corrected chi connectivity index (χ3v) is 3.17. The fourth-order valence-electron chi connectivity index (χ4n) is 2.02. The number of hydrogen-bond acceptors (Lipinski definition) is 4. The molecule has 1 aromatic heterocycles. The second-order valence-corrected chi connectivity index (χ2v) is 5.51. The van der Waals surface area contributed by atoms with Gasteiger partial charge >= 0.3 is 0 Å². The van der Waals surface area contributed by atoms with Crippen LogP contribution in [0.25, 0.3) is 0 Å². The second-order valence-electron chi connectivity index (χ2n) is 5.51. The normalized spacial score (nSPS) is 10.8. The number of halogens is 1. The van der Waals surface area contributed by atoms with Gasteiger partial charge in [-0.1, -0.05) is 12.1 Å². The molecular weight excluding hydrogens is 431 g/mol. The lowest BCUT2D eigenvalue weighted by atomic mass is 10.3. The second kappa shape index (κ2) is 10.8. The van der Waals surface area contributed by atoms with E-state index in [-0.39, 0.29) is 24.0 Å². The quantitative estimate of drug-likeness (QED) is 0.395. The molecular formula is C18H25IN4O2. The summed E-state index contributed by atoms with van der Waals surface area (Å²) >= 11 is 0. The highest BCUT2D eigenvalue weighted by atomic mass is 127. The van der Waals surface area contributed by atoms with Crippen molar-refractivity contribution in [2.75, 3.05) is 14.2 Å². The van der Waals surface area contributed by atoms with Crippen LogP contribution in [0.15, 0.2) is 47.6 Å². The summed E-state index contributed by atoms with van der Waals surface area (Å²) in [5, 5.41) is 6.48. The number of aliphatic imine (C=N–C) groups is 1. The smallest absolute Gasteiger partial charge is 0.219 e. The average molecular weight is 456 g/mol. The summed E-state index contributed by atoms with van der Waals surface area (Å²) in [6, 6.07) is 11.6. The van der Waals surface area contributed by atoms with Gasteiger partial charge in [0.1, 0.15) is 11.5 Å². The van der Waals surface area contributed by atoms with Gasteiger partial charge in [0.15, 0.2) is 5.96 Å². The summed E-state index contributed by atoms with van der Waals surface area (Å²) in [7, 11) is 3.38. The van der Waals surface area contributed by atoms with Gasteiger partial charge in [0.25, 0.3) is 0 Å². The lowest BCUT2D eigenvalue weighted by Gasteiger charge is -2.14. The SMILES string of the molecule is CN=C(NCc1ccc(Oc2cccc(OC)c2)nc1)NC(C)C.I. The largest absolute Gasteiger partial charge is 0.497 e. The Hall–Kier alpha value is -2.03. The summed E-state index contributed by atoms with van der Waals surface area (Å²) < 4.78 is 10.9. The minimum Gasteiger partial charge on any atom is -0.497 e. The first-order valence-electron chi connectivity index (χ1n) is 7.84. The predicted molar refractivity (Wildman–Crippen MR) is 111 cm³/mol. The Bertz CT molecular complexity index is 675. The van der Waals surface area contributed by atoms with Crippen LogP contribution in [0.4, 0.5) is 0 Å². The molecule has 0 aliphatic heterocycles. The molecule has 0 spiro atoms. The fraction of sp³-hybridized carbons (Fsp3) is 0.333. The highest BCUT2D eigenvalue weighted by Crippen LogP contribution is 2.23. The molecule has 136 valence electrons. The van der Waals surface area contributed by atoms with E-state index < -0.39 is 0 Å². The number of methoxy groups -OCH3 is 1. The molecule has 2 aromatic rings. The van der Waals surface area contributed by atoms with E-state index in [0.717, 1.165) is 17.3 Å². The van der Waals surface area contributed by atoms with Crippen molar-refractivity contribution in [2.24, 2.45) is 4.99 Å². The Labute approximate surface area is 166 Å². The summed E-state index contributed by atoms with van der Waals surface area (Å²) in [5.74, 6) is 2.74. The van der Waals surface area contributed by atoms with E-state index in [9.17, 15) is 0 Å². The number of rotatable bonds is 6. The van der Waals surface area contributed by atoms with Crippen LogP contribution in [-0.4, -0.2) is 31.1 Å². The molecule has 6 nitrogen and oxygen atoms in total. The molecule has 2 N–H and O–H groups in total. The monoisotopic (exact) mass is 456 g/mol. The van der Waals surface area contributed by atoms with E-state index in [4.69, 9.17) is 9.47 Å². The van der Waals surface area contributed by atoms with Crippen molar-refractivity contribution in [3.63, 3.8) is 0 Å². The van der Waals surface area contributed by atoms with Gasteiger partial charge in [0.2, 0.25) is 5.88 Å². The molecule has 0 unspecified atom stereocenters. The van der Waals surface area contributed by atoms with Crippen LogP contribution in [0.2, 0.25) is 0 Å². The summed E-state index contributed by atoms with van der Waals surface area (Å²) in [6.45, 7) is 4.77. The highest BCUT2D eigenvalue weighted by Gasteiger charge is 2.03. The van der Waals surface area contributed by atoms with Gasteiger partial charge < -0.3 is 20.1 Å². The van der Waals surface area contributed by atoms with Crippen molar-refractivity contribution in [3.8, 4) is 17.4 Å². The first-order chi connectivity index (χ1) is 11.6. The van der Waals surface area contributed by atoms with Gasteiger partial charge in [-0.2, -0.15) is 0 Å². The zero-order chi connectivity index (χ0) is 17.4. The molecule has 0 aliphatic rings. The number of pyridine rings is 1. The maximum Gasteiger partial charge on any atom is 0.219 e. The third kappa shape index (κ3) is 7.16. The van der Waals surface area contributed by atoms with Crippen LogP contribution < -0.4 is 20.1 Å². The van der Waals surface area contributed by atoms with Crippen LogP contribution in [0.5, 0.6) is 17.4 Å². The first-order valence-corrected chi connectivity index (χ1v) is 7.84. The van der Waals surface area contributed by atoms with Crippen molar-refractivity contribution < 1.29 is 9.47 Å². The predicted octanol–water partition coefficient (Wildman–Crippen LogP) is 3.57. The van der Waals surface area contributed by atoms with Gasteiger partial charge in [-0.05, 0) is 31.5 Å². The van der Waals surface area contributed by atoms with Gasteiger partial charge in [-0.15, -0.1) is 24.0 Å². The van der Waals surface area contributed by atoms with E-state index in [1.165, 1.54) is 0 Å². The van der Waals surface area contributed by atoms with Gasteiger partial charge in [0, 0.05) is 38.0 Å². The number of benzene rings is 1. The van der Waals surface area contributed by atoms with Crippen LogP contribution in [0.3, 0.4) is 0 Å². The summed E-state index contributed by atoms with van der Waals surface area (Å²) in [5.41, 5.74) is 1.04. The van der Waals surface area contributed by atoms with E-state index in [0.29, 0.717) is 24.2 Å². The molecule has 7 heteroatoms. The molecule has 1 aromatic carbocycles. The third-order valence-electron chi connectivity index (χ3n) is 3.17. The zero-order valence-electron chi connectivity index (χ0n) is 14.9. The van der Waals surface area contributed by atoms with E-state index in [2.05, 4.69) is 34.5 Å². The molecule has 0 radical (unpaired) electrons. The van der Waals surface area contributed by atoms with Gasteiger partial charge in [-0.3, -0.25) is 4.99 Å². The van der Waals surface area contributed by atoms with Crippen molar-refractivity contribution in [3.05, 3.63) is 48.2 Å². The molecule has 0 fully saturated rings. The molecule has 0 saturated carbocycles. The molecule has 0 saturated heterocycles. The Balaban J connectivity index is 0.00000312. The summed E-state index contributed by atoms with van der Waals surface area (Å²) in [4.78, 5) is 8.50. The molecule has 2 rings (SSSR count). The van der Waals surface area contributed by atoms with Crippen molar-refractivity contribution in [2.45, 2.75) is 26.4 Å². The molecule has 0 bridgehead atoms. The number of guanidine groups is 1. The maximum absolute atomic E-state index is 5.73. The van der Waals surface area contributed by atoms with Crippen LogP contribution in [0, 0.1) is 0 Å². The number of nitrogens with zero attached hydrogens (tertiary/aromatic N) is 2. The van der Waals surface area contributed by atoms with Gasteiger partial charge in [-0.25, -0.2) is 4.98 Å². The Morgan fingerprint density at radius 2 is 1.96 bits per heavy atom. The van der Waals surface area contributed by atoms with Crippen LogP contribution in [0.1, 0.15) is 19.4 Å². The number of hydrogen-bond donors (Lipinski definition) is 2. The van der Waals surface area contributed by atoms with E-state index in [1.54, 1.807) is 20.4 Å². The number of aromatic nitrogens is 1. The minimum absolute atomic E-state index is 0. The van der Waals surface area contributed by atoms with E-state index in [1.807, 2.05) is 36.4 Å². The van der Waals surface area contributed by atoms with Gasteiger partial charge in [0.05, 0.1) is 7.11 Å². The first kappa shape index (κ1) is 21.0. The van der Waals surface area contributed by atoms with Crippen molar-refractivity contribution in [1.82, 2.24) is 15.6 Å². The fourth-order valence-corrected chi connectivity index (χ4v) is 2.02. The van der Waals surface area contributed by atoms with E-state index >= 15 is 0 Å². The van der Waals surface area contributed by atoms with Crippen molar-refractivity contribution in [1.29, 1.82) is 0 Å². The minimum atomic E-state index is 0. The molecule has 1 heterocycles. The zero-order valence-corrected chi connectivity index (χ0v) is 17.3. The lowest BCUT2D eigenvalue weighted by molar-refractivity contribution is 0.407. The topological polar surface area (TPSA) is 67.8 Å². The van der Waals surface area contributed by atoms with Crippen LogP contribution in [-0.2, 0) is 6.54 Å².